The Kier molecular flexibility index (Phi) is 5.88. The van der Waals surface area contributed by atoms with Gasteiger partial charge in [-0.05, 0) is 37.5 Å². The zero-order valence-corrected chi connectivity index (χ0v) is 18.1. The zero-order chi connectivity index (χ0) is 22.1. The number of likely N-dealkylation sites (tertiary alicyclic amines) is 1. The number of carbonyl (C=O) groups excluding carboxylic acids is 1. The quantitative estimate of drug-likeness (QED) is 0.415. The number of hydrogen-bond donors (Lipinski definition) is 0. The lowest BCUT2D eigenvalue weighted by atomic mass is 9.97. The summed E-state index contributed by atoms with van der Waals surface area (Å²) >= 11 is 7.39. The van der Waals surface area contributed by atoms with Crippen molar-refractivity contribution in [2.45, 2.75) is 25.7 Å². The van der Waals surface area contributed by atoms with Crippen molar-refractivity contribution in [2.24, 2.45) is 0 Å². The van der Waals surface area contributed by atoms with E-state index in [4.69, 9.17) is 16.0 Å². The first-order valence-corrected chi connectivity index (χ1v) is 10.9. The van der Waals surface area contributed by atoms with Crippen molar-refractivity contribution in [2.75, 3.05) is 13.1 Å². The van der Waals surface area contributed by atoms with Gasteiger partial charge < -0.3 is 9.32 Å². The van der Waals surface area contributed by atoms with Gasteiger partial charge >= 0.3 is 5.63 Å². The Morgan fingerprint density at radius 3 is 2.71 bits per heavy atom. The first-order chi connectivity index (χ1) is 14.8. The van der Waals surface area contributed by atoms with Gasteiger partial charge in [0.1, 0.15) is 5.02 Å². The molecule has 2 aromatic heterocycles. The van der Waals surface area contributed by atoms with Crippen molar-refractivity contribution < 1.29 is 14.1 Å². The second-order valence-electron chi connectivity index (χ2n) is 7.38. The van der Waals surface area contributed by atoms with Gasteiger partial charge in [0.25, 0.3) is 11.6 Å². The molecule has 0 atom stereocenters. The van der Waals surface area contributed by atoms with E-state index in [9.17, 15) is 19.7 Å². The second-order valence-corrected chi connectivity index (χ2v) is 8.68. The predicted molar refractivity (Wildman–Crippen MR) is 117 cm³/mol. The van der Waals surface area contributed by atoms with E-state index in [2.05, 4.69) is 4.98 Å². The van der Waals surface area contributed by atoms with E-state index in [0.29, 0.717) is 29.9 Å². The van der Waals surface area contributed by atoms with Crippen LogP contribution in [-0.4, -0.2) is 33.8 Å². The van der Waals surface area contributed by atoms with Crippen molar-refractivity contribution in [3.05, 3.63) is 77.6 Å². The van der Waals surface area contributed by atoms with E-state index < -0.39 is 10.5 Å². The number of aromatic nitrogens is 1. The number of benzene rings is 1. The summed E-state index contributed by atoms with van der Waals surface area (Å²) in [4.78, 5) is 41.2. The first kappa shape index (κ1) is 21.2. The summed E-state index contributed by atoms with van der Waals surface area (Å²) in [5.41, 5.74) is 1.31. The number of carbonyl (C=O) groups is 1. The average molecular weight is 460 g/mol. The highest BCUT2D eigenvalue weighted by Crippen LogP contribution is 2.35. The van der Waals surface area contributed by atoms with Crippen LogP contribution in [0.15, 0.2) is 44.9 Å². The Balaban J connectivity index is 1.45. The van der Waals surface area contributed by atoms with Crippen LogP contribution in [0.5, 0.6) is 0 Å². The first-order valence-electron chi connectivity index (χ1n) is 9.62. The summed E-state index contributed by atoms with van der Waals surface area (Å²) in [5.74, 6) is -0.0357. The summed E-state index contributed by atoms with van der Waals surface area (Å²) < 4.78 is 5.06. The summed E-state index contributed by atoms with van der Waals surface area (Å²) in [5, 5.41) is 14.0. The Hall–Kier alpha value is -3.04. The van der Waals surface area contributed by atoms with Crippen molar-refractivity contribution in [1.82, 2.24) is 9.88 Å². The molecule has 1 aromatic carbocycles. The number of halogens is 1. The highest BCUT2D eigenvalue weighted by Gasteiger charge is 2.28. The molecule has 0 saturated carbocycles. The number of aryl methyl sites for hydroxylation is 1. The van der Waals surface area contributed by atoms with Crippen LogP contribution in [0, 0.1) is 17.0 Å². The Morgan fingerprint density at radius 2 is 2.03 bits per heavy atom. The largest absolute Gasteiger partial charge is 0.417 e. The van der Waals surface area contributed by atoms with Gasteiger partial charge in [-0.15, -0.1) is 11.3 Å². The van der Waals surface area contributed by atoms with Gasteiger partial charge in [0.05, 0.1) is 15.6 Å². The van der Waals surface area contributed by atoms with Gasteiger partial charge in [-0.1, -0.05) is 17.7 Å². The lowest BCUT2D eigenvalue weighted by Crippen LogP contribution is -2.38. The van der Waals surface area contributed by atoms with Gasteiger partial charge in [-0.2, -0.15) is 0 Å². The highest BCUT2D eigenvalue weighted by atomic mass is 35.5. The minimum atomic E-state index is -0.531. The number of hydrogen-bond acceptors (Lipinski definition) is 7. The minimum absolute atomic E-state index is 0.0596. The Labute approximate surface area is 186 Å². The van der Waals surface area contributed by atoms with E-state index in [0.717, 1.165) is 17.8 Å². The van der Waals surface area contributed by atoms with Crippen LogP contribution in [0.2, 0.25) is 5.02 Å². The van der Waals surface area contributed by atoms with Crippen LogP contribution in [0.4, 0.5) is 5.69 Å². The van der Waals surface area contributed by atoms with Crippen LogP contribution in [0.1, 0.15) is 39.9 Å². The molecule has 1 aliphatic heterocycles. The normalized spacial score (nSPS) is 14.6. The summed E-state index contributed by atoms with van der Waals surface area (Å²) in [7, 11) is 0. The fourth-order valence-corrected chi connectivity index (χ4v) is 4.80. The van der Waals surface area contributed by atoms with Crippen LogP contribution in [-0.2, 0) is 0 Å². The molecule has 0 radical (unpaired) electrons. The topological polar surface area (TPSA) is 107 Å². The predicted octanol–water partition coefficient (Wildman–Crippen LogP) is 4.65. The van der Waals surface area contributed by atoms with E-state index in [-0.39, 0.29) is 28.3 Å². The van der Waals surface area contributed by atoms with Crippen molar-refractivity contribution >= 4 is 34.5 Å². The minimum Gasteiger partial charge on any atom is -0.417 e. The smallest absolute Gasteiger partial charge is 0.336 e. The maximum absolute atomic E-state index is 12.7. The number of nitro benzene ring substituents is 1. The lowest BCUT2D eigenvalue weighted by molar-refractivity contribution is -0.384. The van der Waals surface area contributed by atoms with Gasteiger partial charge in [0.15, 0.2) is 5.76 Å². The van der Waals surface area contributed by atoms with Crippen LogP contribution < -0.4 is 5.63 Å². The third kappa shape index (κ3) is 4.52. The standard InChI is InChI=1S/C21H18ClN3O5S/c1-12-8-18(30-19(26)9-12)21(27)24-6-4-13(5-7-24)20-23-16(11-31-20)14-2-3-15(22)17(10-14)25(28)29/h2-3,8-11,13H,4-7H2,1H3. The van der Waals surface area contributed by atoms with Crippen molar-refractivity contribution in [3.63, 3.8) is 0 Å². The third-order valence-electron chi connectivity index (χ3n) is 5.22. The van der Waals surface area contributed by atoms with E-state index in [1.807, 2.05) is 5.38 Å². The number of nitro groups is 1. The molecule has 1 fully saturated rings. The Bertz CT molecular complexity index is 1210. The molecule has 0 unspecified atom stereocenters. The maximum atomic E-state index is 12.7. The molecule has 3 aromatic rings. The average Bonchev–Trinajstić information content (AvgIpc) is 3.23. The highest BCUT2D eigenvalue weighted by molar-refractivity contribution is 7.10. The number of amides is 1. The molecule has 0 aliphatic carbocycles. The van der Waals surface area contributed by atoms with E-state index >= 15 is 0 Å². The monoisotopic (exact) mass is 459 g/mol. The summed E-state index contributed by atoms with van der Waals surface area (Å²) in [6, 6.07) is 7.57. The Morgan fingerprint density at radius 1 is 1.29 bits per heavy atom. The molecule has 1 aliphatic rings. The van der Waals surface area contributed by atoms with Crippen LogP contribution in [0.25, 0.3) is 11.3 Å². The van der Waals surface area contributed by atoms with Gasteiger partial charge in [-0.3, -0.25) is 14.9 Å². The fourth-order valence-electron chi connectivity index (χ4n) is 3.61. The molecule has 160 valence electrons. The number of nitrogens with zero attached hydrogens (tertiary/aromatic N) is 3. The van der Waals surface area contributed by atoms with E-state index in [1.165, 1.54) is 29.5 Å². The SMILES string of the molecule is Cc1cc(C(=O)N2CCC(c3nc(-c4ccc(Cl)c([N+](=O)[O-])c4)cs3)CC2)oc(=O)c1. The number of thiazole rings is 1. The molecule has 10 heteroatoms. The zero-order valence-electron chi connectivity index (χ0n) is 16.5. The van der Waals surface area contributed by atoms with E-state index in [1.54, 1.807) is 24.0 Å². The third-order valence-corrected chi connectivity index (χ3v) is 6.54. The van der Waals surface area contributed by atoms with Crippen LogP contribution >= 0.6 is 22.9 Å². The molecule has 0 bridgehead atoms. The van der Waals surface area contributed by atoms with Crippen molar-refractivity contribution in [3.8, 4) is 11.3 Å². The van der Waals surface area contributed by atoms with Crippen molar-refractivity contribution in [1.29, 1.82) is 0 Å². The fraction of sp³-hybridized carbons (Fsp3) is 0.286. The molecule has 1 saturated heterocycles. The molecular formula is C21H18ClN3O5S. The molecule has 3 heterocycles. The molecule has 8 nitrogen and oxygen atoms in total. The van der Waals surface area contributed by atoms with Gasteiger partial charge in [0.2, 0.25) is 0 Å². The maximum Gasteiger partial charge on any atom is 0.336 e. The molecule has 0 N–H and O–H groups in total. The lowest BCUT2D eigenvalue weighted by Gasteiger charge is -2.30. The van der Waals surface area contributed by atoms with Gasteiger partial charge in [0, 0.05) is 42.1 Å². The second kappa shape index (κ2) is 8.60. The number of piperidine rings is 1. The molecular weight excluding hydrogens is 442 g/mol. The summed E-state index contributed by atoms with van der Waals surface area (Å²) in [6.45, 7) is 2.81. The van der Waals surface area contributed by atoms with Gasteiger partial charge in [-0.25, -0.2) is 9.78 Å². The molecule has 31 heavy (non-hydrogen) atoms. The number of rotatable bonds is 4. The molecule has 1 amide bonds. The summed E-state index contributed by atoms with van der Waals surface area (Å²) in [6.07, 6.45) is 1.46. The molecule has 4 rings (SSSR count). The molecule has 0 spiro atoms. The van der Waals surface area contributed by atoms with Crippen LogP contribution in [0.3, 0.4) is 0 Å².